The van der Waals surface area contributed by atoms with Crippen LogP contribution in [0.1, 0.15) is 12.0 Å². The number of hydrogen-bond donors (Lipinski definition) is 0. The maximum absolute atomic E-state index is 10.6. The molecule has 0 aliphatic heterocycles. The zero-order valence-corrected chi connectivity index (χ0v) is 10.9. The molecule has 0 fully saturated rings. The Kier molecular flexibility index (Phi) is 5.55. The average molecular weight is 283 g/mol. The summed E-state index contributed by atoms with van der Waals surface area (Å²) in [6.07, 6.45) is 0.402. The van der Waals surface area contributed by atoms with Crippen molar-refractivity contribution in [3.05, 3.63) is 34.9 Å². The van der Waals surface area contributed by atoms with Crippen LogP contribution in [0.15, 0.2) is 24.3 Å². The highest BCUT2D eigenvalue weighted by Crippen LogP contribution is 2.10. The van der Waals surface area contributed by atoms with Crippen LogP contribution in [0.4, 0.5) is 0 Å². The van der Waals surface area contributed by atoms with Crippen molar-refractivity contribution >= 4 is 31.3 Å². The number of ether oxygens (including phenoxy) is 1. The Morgan fingerprint density at radius 3 is 2.38 bits per heavy atom. The summed E-state index contributed by atoms with van der Waals surface area (Å²) in [7, 11) is 1.65. The number of benzene rings is 1. The lowest BCUT2D eigenvalue weighted by molar-refractivity contribution is 0.122. The lowest BCUT2D eigenvalue weighted by Gasteiger charge is -2.03. The standard InChI is InChI=1S/C10H12Cl2O3S/c11-10-4-2-9(3-5-10)8-15-6-1-7-16(12,13)14/h2-5H,1,6-8H2. The van der Waals surface area contributed by atoms with Gasteiger partial charge in [-0.2, -0.15) is 0 Å². The van der Waals surface area contributed by atoms with Gasteiger partial charge < -0.3 is 4.74 Å². The lowest BCUT2D eigenvalue weighted by atomic mass is 10.2. The van der Waals surface area contributed by atoms with Gasteiger partial charge in [-0.15, -0.1) is 0 Å². The van der Waals surface area contributed by atoms with Gasteiger partial charge in [0.15, 0.2) is 0 Å². The highest BCUT2D eigenvalue weighted by molar-refractivity contribution is 8.13. The van der Waals surface area contributed by atoms with E-state index in [1.807, 2.05) is 12.1 Å². The second-order valence-electron chi connectivity index (χ2n) is 3.28. The van der Waals surface area contributed by atoms with Gasteiger partial charge in [-0.25, -0.2) is 8.42 Å². The van der Waals surface area contributed by atoms with Gasteiger partial charge in [0.25, 0.3) is 0 Å². The Morgan fingerprint density at radius 1 is 1.19 bits per heavy atom. The quantitative estimate of drug-likeness (QED) is 0.595. The van der Waals surface area contributed by atoms with E-state index in [1.165, 1.54) is 0 Å². The van der Waals surface area contributed by atoms with Gasteiger partial charge in [-0.3, -0.25) is 0 Å². The van der Waals surface area contributed by atoms with Crippen molar-refractivity contribution in [2.45, 2.75) is 13.0 Å². The molecule has 0 amide bonds. The van der Waals surface area contributed by atoms with E-state index in [1.54, 1.807) is 12.1 Å². The van der Waals surface area contributed by atoms with Gasteiger partial charge in [0.1, 0.15) is 0 Å². The maximum Gasteiger partial charge on any atom is 0.232 e. The molecule has 1 aromatic rings. The van der Waals surface area contributed by atoms with Gasteiger partial charge in [0.05, 0.1) is 12.4 Å². The van der Waals surface area contributed by atoms with Crippen molar-refractivity contribution in [3.8, 4) is 0 Å². The minimum absolute atomic E-state index is 0.0603. The van der Waals surface area contributed by atoms with Gasteiger partial charge >= 0.3 is 0 Å². The largest absolute Gasteiger partial charge is 0.377 e. The van der Waals surface area contributed by atoms with Crippen molar-refractivity contribution in [2.24, 2.45) is 0 Å². The van der Waals surface area contributed by atoms with Gasteiger partial charge in [0, 0.05) is 22.3 Å². The predicted molar refractivity (Wildman–Crippen MR) is 65.4 cm³/mol. The number of halogens is 2. The molecule has 0 radical (unpaired) electrons. The van der Waals surface area contributed by atoms with E-state index in [2.05, 4.69) is 0 Å². The van der Waals surface area contributed by atoms with Crippen molar-refractivity contribution in [1.29, 1.82) is 0 Å². The molecular weight excluding hydrogens is 271 g/mol. The Balaban J connectivity index is 2.19. The molecule has 0 heterocycles. The minimum atomic E-state index is -3.40. The topological polar surface area (TPSA) is 43.4 Å². The normalized spacial score (nSPS) is 11.6. The molecule has 0 aliphatic rings. The average Bonchev–Trinajstić information content (AvgIpc) is 2.19. The van der Waals surface area contributed by atoms with E-state index in [4.69, 9.17) is 27.0 Å². The van der Waals surface area contributed by atoms with Crippen molar-refractivity contribution in [2.75, 3.05) is 12.4 Å². The Bertz CT molecular complexity index is 414. The van der Waals surface area contributed by atoms with E-state index >= 15 is 0 Å². The van der Waals surface area contributed by atoms with Gasteiger partial charge in [0.2, 0.25) is 9.05 Å². The Hall–Kier alpha value is -0.290. The first kappa shape index (κ1) is 13.8. The van der Waals surface area contributed by atoms with E-state index in [0.29, 0.717) is 24.7 Å². The molecule has 6 heteroatoms. The van der Waals surface area contributed by atoms with Crippen LogP contribution in [0.5, 0.6) is 0 Å². The number of hydrogen-bond acceptors (Lipinski definition) is 3. The molecule has 0 unspecified atom stereocenters. The molecule has 1 aromatic carbocycles. The van der Waals surface area contributed by atoms with Gasteiger partial charge in [-0.1, -0.05) is 23.7 Å². The summed E-state index contributed by atoms with van der Waals surface area (Å²) in [6, 6.07) is 7.29. The fourth-order valence-corrected chi connectivity index (χ4v) is 2.02. The molecule has 90 valence electrons. The van der Waals surface area contributed by atoms with Crippen LogP contribution in [0.3, 0.4) is 0 Å². The summed E-state index contributed by atoms with van der Waals surface area (Å²) in [5.74, 6) is -0.0603. The summed E-state index contributed by atoms with van der Waals surface area (Å²) in [5.41, 5.74) is 0.998. The first-order chi connectivity index (χ1) is 7.47. The molecule has 0 N–H and O–H groups in total. The molecule has 0 saturated heterocycles. The third kappa shape index (κ3) is 6.33. The summed E-state index contributed by atoms with van der Waals surface area (Å²) < 4.78 is 26.5. The van der Waals surface area contributed by atoms with E-state index < -0.39 is 9.05 Å². The Labute approximate surface area is 105 Å². The summed E-state index contributed by atoms with van der Waals surface area (Å²) in [5, 5.41) is 0.678. The highest BCUT2D eigenvalue weighted by Gasteiger charge is 2.03. The summed E-state index contributed by atoms with van der Waals surface area (Å²) >= 11 is 5.72. The molecular formula is C10H12Cl2O3S. The molecule has 16 heavy (non-hydrogen) atoms. The van der Waals surface area contributed by atoms with Crippen LogP contribution in [0, 0.1) is 0 Å². The zero-order valence-electron chi connectivity index (χ0n) is 8.53. The summed E-state index contributed by atoms with van der Waals surface area (Å²) in [6.45, 7) is 0.814. The predicted octanol–water partition coefficient (Wildman–Crippen LogP) is 2.82. The molecule has 0 aliphatic carbocycles. The van der Waals surface area contributed by atoms with E-state index in [9.17, 15) is 8.42 Å². The molecule has 0 atom stereocenters. The fraction of sp³-hybridized carbons (Fsp3) is 0.400. The molecule has 0 aromatic heterocycles. The van der Waals surface area contributed by atoms with Crippen molar-refractivity contribution in [3.63, 3.8) is 0 Å². The number of rotatable bonds is 6. The van der Waals surface area contributed by atoms with E-state index in [0.717, 1.165) is 5.56 Å². The van der Waals surface area contributed by atoms with Crippen LogP contribution in [-0.2, 0) is 20.4 Å². The third-order valence-corrected chi connectivity index (χ3v) is 3.35. The van der Waals surface area contributed by atoms with Crippen molar-refractivity contribution in [1.82, 2.24) is 0 Å². The monoisotopic (exact) mass is 282 g/mol. The molecule has 1 rings (SSSR count). The smallest absolute Gasteiger partial charge is 0.232 e. The second kappa shape index (κ2) is 6.45. The third-order valence-electron chi connectivity index (χ3n) is 1.86. The highest BCUT2D eigenvalue weighted by atomic mass is 35.7. The minimum Gasteiger partial charge on any atom is -0.377 e. The first-order valence-electron chi connectivity index (χ1n) is 4.72. The van der Waals surface area contributed by atoms with Crippen molar-refractivity contribution < 1.29 is 13.2 Å². The zero-order chi connectivity index (χ0) is 12.0. The molecule has 0 saturated carbocycles. The first-order valence-corrected chi connectivity index (χ1v) is 7.57. The SMILES string of the molecule is O=S(=O)(Cl)CCCOCc1ccc(Cl)cc1. The van der Waals surface area contributed by atoms with Gasteiger partial charge in [-0.05, 0) is 24.1 Å². The maximum atomic E-state index is 10.6. The van der Waals surface area contributed by atoms with Crippen LogP contribution in [0.2, 0.25) is 5.02 Å². The molecule has 3 nitrogen and oxygen atoms in total. The molecule has 0 spiro atoms. The molecule has 0 bridgehead atoms. The lowest BCUT2D eigenvalue weighted by Crippen LogP contribution is -2.03. The second-order valence-corrected chi connectivity index (χ2v) is 6.61. The van der Waals surface area contributed by atoms with Crippen LogP contribution in [0.25, 0.3) is 0 Å². The summed E-state index contributed by atoms with van der Waals surface area (Å²) in [4.78, 5) is 0. The van der Waals surface area contributed by atoms with Crippen LogP contribution >= 0.6 is 22.3 Å². The van der Waals surface area contributed by atoms with Crippen LogP contribution in [-0.4, -0.2) is 20.8 Å². The van der Waals surface area contributed by atoms with E-state index in [-0.39, 0.29) is 5.75 Å². The fourth-order valence-electron chi connectivity index (χ4n) is 1.10. The van der Waals surface area contributed by atoms with Crippen LogP contribution < -0.4 is 0 Å². The Morgan fingerprint density at radius 2 is 1.81 bits per heavy atom.